The third-order valence-corrected chi connectivity index (χ3v) is 3.52. The molecule has 1 aliphatic heterocycles. The number of carbonyl (C=O) groups excluding carboxylic acids is 2. The molecule has 7 heteroatoms. The van der Waals surface area contributed by atoms with Gasteiger partial charge in [-0.05, 0) is 12.8 Å². The number of fused-ring (bicyclic) bond motifs is 1. The van der Waals surface area contributed by atoms with Crippen LogP contribution in [0.1, 0.15) is 32.1 Å². The number of carbonyl (C=O) groups is 2. The molecule has 0 bridgehead atoms. The molecule has 0 radical (unpaired) electrons. The van der Waals surface area contributed by atoms with Crippen LogP contribution in [0.2, 0.25) is 0 Å². The topological polar surface area (TPSA) is 46.6 Å². The third kappa shape index (κ3) is 2.66. The maximum atomic E-state index is 12.1. The van der Waals surface area contributed by atoms with Crippen LogP contribution in [0.5, 0.6) is 0 Å². The highest BCUT2D eigenvalue weighted by Gasteiger charge is 2.46. The molecule has 2 atom stereocenters. The highest BCUT2D eigenvalue weighted by atomic mass is 19.4. The molecule has 1 aliphatic carbocycles. The van der Waals surface area contributed by atoms with Crippen LogP contribution in [-0.4, -0.2) is 35.6 Å². The number of halogens is 3. The van der Waals surface area contributed by atoms with Crippen molar-refractivity contribution in [2.24, 2.45) is 5.92 Å². The Morgan fingerprint density at radius 1 is 1.28 bits per heavy atom. The lowest BCUT2D eigenvalue weighted by molar-refractivity contribution is -0.254. The first-order chi connectivity index (χ1) is 8.39. The van der Waals surface area contributed by atoms with Gasteiger partial charge in [0.05, 0.1) is 6.04 Å². The molecular formula is C11H14F3NO3. The summed E-state index contributed by atoms with van der Waals surface area (Å²) in [5.41, 5.74) is 0. The molecule has 102 valence electrons. The van der Waals surface area contributed by atoms with Gasteiger partial charge in [-0.3, -0.25) is 4.79 Å². The Bertz CT molecular complexity index is 356. The maximum Gasteiger partial charge on any atom is 0.492 e. The van der Waals surface area contributed by atoms with Crippen molar-refractivity contribution in [2.75, 3.05) is 6.54 Å². The van der Waals surface area contributed by atoms with Crippen LogP contribution < -0.4 is 0 Å². The molecule has 1 heterocycles. The molecule has 4 nitrogen and oxygen atoms in total. The fraction of sp³-hybridized carbons (Fsp3) is 0.818. The molecule has 0 spiro atoms. The summed E-state index contributed by atoms with van der Waals surface area (Å²) >= 11 is 0. The van der Waals surface area contributed by atoms with Crippen molar-refractivity contribution < 1.29 is 27.6 Å². The van der Waals surface area contributed by atoms with E-state index in [4.69, 9.17) is 0 Å². The van der Waals surface area contributed by atoms with Crippen molar-refractivity contribution in [2.45, 2.75) is 44.3 Å². The lowest BCUT2D eigenvalue weighted by atomic mass is 9.78. The molecule has 18 heavy (non-hydrogen) atoms. The third-order valence-electron chi connectivity index (χ3n) is 3.52. The lowest BCUT2D eigenvalue weighted by Gasteiger charge is -2.41. The minimum Gasteiger partial charge on any atom is -0.360 e. The van der Waals surface area contributed by atoms with E-state index in [1.54, 1.807) is 0 Å². The zero-order valence-corrected chi connectivity index (χ0v) is 9.70. The Morgan fingerprint density at radius 2 is 1.94 bits per heavy atom. The van der Waals surface area contributed by atoms with Crippen LogP contribution in [0.4, 0.5) is 13.2 Å². The summed E-state index contributed by atoms with van der Waals surface area (Å²) in [4.78, 5) is 26.9. The fourth-order valence-electron chi connectivity index (χ4n) is 2.67. The monoisotopic (exact) mass is 265 g/mol. The Labute approximate surface area is 102 Å². The van der Waals surface area contributed by atoms with Gasteiger partial charge in [-0.1, -0.05) is 12.8 Å². The molecule has 2 rings (SSSR count). The van der Waals surface area contributed by atoms with Crippen LogP contribution in [0, 0.1) is 5.92 Å². The predicted octanol–water partition coefficient (Wildman–Crippen LogP) is 1.84. The molecular weight excluding hydrogens is 251 g/mol. The first-order valence-corrected chi connectivity index (χ1v) is 5.98. The van der Waals surface area contributed by atoms with Crippen molar-refractivity contribution >= 4 is 11.8 Å². The minimum absolute atomic E-state index is 0.0574. The Hall–Kier alpha value is -1.11. The average Bonchev–Trinajstić information content (AvgIpc) is 2.32. The first-order valence-electron chi connectivity index (χ1n) is 5.98. The van der Waals surface area contributed by atoms with Gasteiger partial charge in [0.1, 0.15) is 5.78 Å². The second kappa shape index (κ2) is 4.87. The molecule has 0 N–H and O–H groups in total. The number of hydrogen-bond acceptors (Lipinski definition) is 4. The van der Waals surface area contributed by atoms with E-state index in [9.17, 15) is 22.8 Å². The Balaban J connectivity index is 2.04. The van der Waals surface area contributed by atoms with Gasteiger partial charge in [-0.15, -0.1) is 5.06 Å². The van der Waals surface area contributed by atoms with Crippen molar-refractivity contribution in [1.82, 2.24) is 5.06 Å². The van der Waals surface area contributed by atoms with E-state index in [1.807, 2.05) is 0 Å². The average molecular weight is 265 g/mol. The van der Waals surface area contributed by atoms with Crippen LogP contribution >= 0.6 is 0 Å². The summed E-state index contributed by atoms with van der Waals surface area (Å²) in [6.45, 7) is 0.0574. The van der Waals surface area contributed by atoms with Gasteiger partial charge >= 0.3 is 12.1 Å². The smallest absolute Gasteiger partial charge is 0.360 e. The van der Waals surface area contributed by atoms with Crippen LogP contribution in [0.25, 0.3) is 0 Å². The van der Waals surface area contributed by atoms with E-state index >= 15 is 0 Å². The second-order valence-corrected chi connectivity index (χ2v) is 4.69. The highest BCUT2D eigenvalue weighted by molar-refractivity contribution is 5.83. The molecule has 2 aliphatic rings. The fourth-order valence-corrected chi connectivity index (χ4v) is 2.67. The molecule has 0 aromatic heterocycles. The number of nitrogens with zero attached hydrogens (tertiary/aromatic N) is 1. The van der Waals surface area contributed by atoms with E-state index in [2.05, 4.69) is 4.84 Å². The highest BCUT2D eigenvalue weighted by Crippen LogP contribution is 2.34. The number of Topliss-reactive ketones (excluding diaryl/α,β-unsaturated/α-hetero) is 1. The second-order valence-electron chi connectivity index (χ2n) is 4.69. The van der Waals surface area contributed by atoms with Gasteiger partial charge in [0, 0.05) is 18.9 Å². The van der Waals surface area contributed by atoms with Crippen molar-refractivity contribution in [3.8, 4) is 0 Å². The molecule has 2 fully saturated rings. The quantitative estimate of drug-likeness (QED) is 0.725. The maximum absolute atomic E-state index is 12.1. The number of hydroxylamine groups is 2. The zero-order chi connectivity index (χ0) is 13.3. The van der Waals surface area contributed by atoms with Crippen LogP contribution in [-0.2, 0) is 14.4 Å². The van der Waals surface area contributed by atoms with Gasteiger partial charge in [0.15, 0.2) is 0 Å². The Kier molecular flexibility index (Phi) is 3.61. The summed E-state index contributed by atoms with van der Waals surface area (Å²) in [6.07, 6.45) is -1.84. The van der Waals surface area contributed by atoms with Gasteiger partial charge in [0.25, 0.3) is 0 Å². The molecule has 0 aromatic rings. The van der Waals surface area contributed by atoms with E-state index in [1.165, 1.54) is 0 Å². The van der Waals surface area contributed by atoms with Gasteiger partial charge < -0.3 is 4.84 Å². The van der Waals surface area contributed by atoms with Crippen molar-refractivity contribution in [1.29, 1.82) is 0 Å². The number of alkyl halides is 3. The summed E-state index contributed by atoms with van der Waals surface area (Å²) in [7, 11) is 0. The molecule has 0 amide bonds. The molecule has 1 saturated carbocycles. The van der Waals surface area contributed by atoms with Gasteiger partial charge in [-0.2, -0.15) is 13.2 Å². The summed E-state index contributed by atoms with van der Waals surface area (Å²) in [5.74, 6) is -2.42. The number of piperidine rings is 1. The lowest BCUT2D eigenvalue weighted by Crippen LogP contribution is -2.52. The van der Waals surface area contributed by atoms with Crippen LogP contribution in [0.3, 0.4) is 0 Å². The number of ketones is 1. The summed E-state index contributed by atoms with van der Waals surface area (Å²) in [5, 5.41) is 1.06. The van der Waals surface area contributed by atoms with E-state index < -0.39 is 12.1 Å². The van der Waals surface area contributed by atoms with Gasteiger partial charge in [-0.25, -0.2) is 4.79 Å². The van der Waals surface area contributed by atoms with E-state index in [0.717, 1.165) is 17.9 Å². The normalized spacial score (nSPS) is 29.8. The summed E-state index contributed by atoms with van der Waals surface area (Å²) < 4.78 is 36.4. The molecule has 2 unspecified atom stereocenters. The molecule has 1 saturated heterocycles. The van der Waals surface area contributed by atoms with Gasteiger partial charge in [0.2, 0.25) is 0 Å². The van der Waals surface area contributed by atoms with E-state index in [-0.39, 0.29) is 30.7 Å². The predicted molar refractivity (Wildman–Crippen MR) is 54.2 cm³/mol. The largest absolute Gasteiger partial charge is 0.492 e. The zero-order valence-electron chi connectivity index (χ0n) is 9.70. The minimum atomic E-state index is -4.99. The first kappa shape index (κ1) is 13.3. The number of hydrogen-bond donors (Lipinski definition) is 0. The SMILES string of the molecule is O=C1CCN(OC(=O)C(F)(F)F)C2CCCCC12. The standard InChI is InChI=1S/C11H14F3NO3/c12-11(13,14)10(17)18-15-6-5-9(16)7-3-1-2-4-8(7)15/h7-8H,1-6H2. The van der Waals surface area contributed by atoms with Crippen LogP contribution in [0.15, 0.2) is 0 Å². The van der Waals surface area contributed by atoms with Crippen molar-refractivity contribution in [3.63, 3.8) is 0 Å². The Morgan fingerprint density at radius 3 is 2.61 bits per heavy atom. The van der Waals surface area contributed by atoms with E-state index in [0.29, 0.717) is 12.8 Å². The number of rotatable bonds is 1. The molecule has 0 aromatic carbocycles. The summed E-state index contributed by atoms with van der Waals surface area (Å²) in [6, 6.07) is -0.383. The van der Waals surface area contributed by atoms with Crippen molar-refractivity contribution in [3.05, 3.63) is 0 Å².